The SMILES string of the molecule is CC(=O)N(OC(=O)C(F)(F)F)[C@@H]1CCCNC1. The first kappa shape index (κ1) is 13.8. The summed E-state index contributed by atoms with van der Waals surface area (Å²) in [6.07, 6.45) is -3.90. The second kappa shape index (κ2) is 5.35. The van der Waals surface area contributed by atoms with E-state index < -0.39 is 24.1 Å². The zero-order valence-electron chi connectivity index (χ0n) is 9.21. The topological polar surface area (TPSA) is 58.6 Å². The number of nitrogens with one attached hydrogen (secondary N) is 1. The van der Waals surface area contributed by atoms with Crippen molar-refractivity contribution in [2.75, 3.05) is 13.1 Å². The molecule has 0 bridgehead atoms. The summed E-state index contributed by atoms with van der Waals surface area (Å²) >= 11 is 0. The van der Waals surface area contributed by atoms with Crippen LogP contribution in [0.3, 0.4) is 0 Å². The maximum atomic E-state index is 12.0. The van der Waals surface area contributed by atoms with Gasteiger partial charge in [0.05, 0.1) is 6.04 Å². The van der Waals surface area contributed by atoms with Crippen LogP contribution in [-0.4, -0.2) is 42.2 Å². The third-order valence-corrected chi connectivity index (χ3v) is 2.33. The Balaban J connectivity index is 2.66. The highest BCUT2D eigenvalue weighted by Crippen LogP contribution is 2.19. The molecule has 8 heteroatoms. The maximum absolute atomic E-state index is 12.0. The average molecular weight is 254 g/mol. The highest BCUT2D eigenvalue weighted by atomic mass is 19.4. The van der Waals surface area contributed by atoms with E-state index >= 15 is 0 Å². The van der Waals surface area contributed by atoms with Crippen molar-refractivity contribution in [1.29, 1.82) is 0 Å². The largest absolute Gasteiger partial charge is 0.493 e. The molecule has 5 nitrogen and oxygen atoms in total. The minimum absolute atomic E-state index is 0.310. The number of amides is 1. The van der Waals surface area contributed by atoms with Crippen molar-refractivity contribution in [1.82, 2.24) is 10.4 Å². The van der Waals surface area contributed by atoms with Crippen molar-refractivity contribution in [2.45, 2.75) is 32.0 Å². The molecular weight excluding hydrogens is 241 g/mol. The molecule has 1 amide bonds. The van der Waals surface area contributed by atoms with Crippen LogP contribution in [0.1, 0.15) is 19.8 Å². The highest BCUT2D eigenvalue weighted by molar-refractivity contribution is 5.79. The average Bonchev–Trinajstić information content (AvgIpc) is 2.25. The van der Waals surface area contributed by atoms with Crippen LogP contribution < -0.4 is 5.32 Å². The number of hydrogen-bond acceptors (Lipinski definition) is 4. The number of hydroxylamine groups is 2. The maximum Gasteiger partial charge on any atom is 0.493 e. The summed E-state index contributed by atoms with van der Waals surface area (Å²) in [5, 5.41) is 3.42. The first-order chi connectivity index (χ1) is 7.82. The number of carbonyl (C=O) groups is 2. The molecule has 0 saturated carbocycles. The van der Waals surface area contributed by atoms with Gasteiger partial charge in [-0.1, -0.05) is 0 Å². The van der Waals surface area contributed by atoms with Crippen molar-refractivity contribution < 1.29 is 27.6 Å². The fourth-order valence-electron chi connectivity index (χ4n) is 1.57. The summed E-state index contributed by atoms with van der Waals surface area (Å²) in [5.41, 5.74) is 0. The first-order valence-corrected chi connectivity index (χ1v) is 5.12. The van der Waals surface area contributed by atoms with Gasteiger partial charge >= 0.3 is 12.1 Å². The fourth-order valence-corrected chi connectivity index (χ4v) is 1.57. The van der Waals surface area contributed by atoms with Crippen molar-refractivity contribution >= 4 is 11.9 Å². The summed E-state index contributed by atoms with van der Waals surface area (Å²) in [4.78, 5) is 25.9. The van der Waals surface area contributed by atoms with Gasteiger partial charge in [0.2, 0.25) is 0 Å². The quantitative estimate of drug-likeness (QED) is 0.696. The molecule has 1 N–H and O–H groups in total. The molecule has 1 aliphatic heterocycles. The van der Waals surface area contributed by atoms with Gasteiger partial charge in [-0.05, 0) is 19.4 Å². The fraction of sp³-hybridized carbons (Fsp3) is 0.778. The Morgan fingerprint density at radius 1 is 1.41 bits per heavy atom. The molecule has 0 spiro atoms. The summed E-state index contributed by atoms with van der Waals surface area (Å²) in [7, 11) is 0. The number of hydrogen-bond donors (Lipinski definition) is 1. The third kappa shape index (κ3) is 3.88. The molecule has 0 aromatic carbocycles. The predicted molar refractivity (Wildman–Crippen MR) is 50.6 cm³/mol. The number of piperidine rings is 1. The van der Waals surface area contributed by atoms with Crippen LogP contribution in [0.5, 0.6) is 0 Å². The second-order valence-electron chi connectivity index (χ2n) is 3.72. The smallest absolute Gasteiger partial charge is 0.329 e. The van der Waals surface area contributed by atoms with Gasteiger partial charge in [0, 0.05) is 13.5 Å². The van der Waals surface area contributed by atoms with E-state index in [1.165, 1.54) is 0 Å². The Bertz CT molecular complexity index is 300. The lowest BCUT2D eigenvalue weighted by Gasteiger charge is -2.31. The van der Waals surface area contributed by atoms with E-state index in [1.54, 1.807) is 0 Å². The van der Waals surface area contributed by atoms with E-state index in [9.17, 15) is 22.8 Å². The van der Waals surface area contributed by atoms with E-state index in [0.29, 0.717) is 24.4 Å². The standard InChI is InChI=1S/C9H13F3N2O3/c1-6(15)14(7-3-2-4-13-5-7)17-8(16)9(10,11)12/h7,13H,2-5H2,1H3/t7-/m1/s1. The minimum atomic E-state index is -5.10. The number of halogens is 3. The molecule has 98 valence electrons. The molecule has 1 heterocycles. The Labute approximate surface area is 95.8 Å². The zero-order chi connectivity index (χ0) is 13.1. The molecule has 0 aliphatic carbocycles. The Kier molecular flexibility index (Phi) is 4.33. The van der Waals surface area contributed by atoms with E-state index in [-0.39, 0.29) is 0 Å². The summed E-state index contributed by atoms with van der Waals surface area (Å²) in [6, 6.07) is -0.549. The van der Waals surface area contributed by atoms with Crippen molar-refractivity contribution in [3.8, 4) is 0 Å². The predicted octanol–water partition coefficient (Wildman–Crippen LogP) is 0.607. The lowest BCUT2D eigenvalue weighted by atomic mass is 10.1. The zero-order valence-corrected chi connectivity index (χ0v) is 9.21. The van der Waals surface area contributed by atoms with Crippen LogP contribution in [0.2, 0.25) is 0 Å². The van der Waals surface area contributed by atoms with Crippen LogP contribution in [0.15, 0.2) is 0 Å². The molecule has 0 aromatic heterocycles. The molecule has 0 radical (unpaired) electrons. The number of carbonyl (C=O) groups excluding carboxylic acids is 2. The van der Waals surface area contributed by atoms with Gasteiger partial charge in [-0.3, -0.25) is 4.79 Å². The monoisotopic (exact) mass is 254 g/mol. The van der Waals surface area contributed by atoms with Crippen molar-refractivity contribution in [3.05, 3.63) is 0 Å². The Hall–Kier alpha value is -1.31. The first-order valence-electron chi connectivity index (χ1n) is 5.12. The molecule has 1 atom stereocenters. The molecule has 1 fully saturated rings. The number of alkyl halides is 3. The summed E-state index contributed by atoms with van der Waals surface area (Å²) < 4.78 is 36.0. The molecule has 0 aromatic rings. The molecule has 0 unspecified atom stereocenters. The highest BCUT2D eigenvalue weighted by Gasteiger charge is 2.44. The Morgan fingerprint density at radius 2 is 2.06 bits per heavy atom. The molecule has 17 heavy (non-hydrogen) atoms. The van der Waals surface area contributed by atoms with Gasteiger partial charge in [0.15, 0.2) is 0 Å². The Morgan fingerprint density at radius 3 is 2.47 bits per heavy atom. The third-order valence-electron chi connectivity index (χ3n) is 2.33. The van der Waals surface area contributed by atoms with E-state index in [0.717, 1.165) is 13.5 Å². The number of rotatable bonds is 1. The van der Waals surface area contributed by atoms with Gasteiger partial charge in [0.25, 0.3) is 5.91 Å². The molecular formula is C9H13F3N2O3. The normalized spacial score (nSPS) is 20.8. The van der Waals surface area contributed by atoms with Gasteiger partial charge < -0.3 is 10.2 Å². The van der Waals surface area contributed by atoms with E-state index in [2.05, 4.69) is 10.2 Å². The lowest BCUT2D eigenvalue weighted by molar-refractivity contribution is -0.243. The van der Waals surface area contributed by atoms with Gasteiger partial charge in [-0.25, -0.2) is 4.79 Å². The van der Waals surface area contributed by atoms with Gasteiger partial charge in [-0.2, -0.15) is 18.2 Å². The summed E-state index contributed by atoms with van der Waals surface area (Å²) in [6.45, 7) is 2.10. The second-order valence-corrected chi connectivity index (χ2v) is 3.72. The van der Waals surface area contributed by atoms with Crippen LogP contribution in [-0.2, 0) is 14.4 Å². The van der Waals surface area contributed by atoms with E-state index in [4.69, 9.17) is 0 Å². The van der Waals surface area contributed by atoms with Crippen LogP contribution in [0.4, 0.5) is 13.2 Å². The number of nitrogens with zero attached hydrogens (tertiary/aromatic N) is 1. The molecule has 1 aliphatic rings. The van der Waals surface area contributed by atoms with Crippen molar-refractivity contribution in [3.63, 3.8) is 0 Å². The molecule has 1 saturated heterocycles. The van der Waals surface area contributed by atoms with Gasteiger partial charge in [-0.15, -0.1) is 0 Å². The van der Waals surface area contributed by atoms with E-state index in [1.807, 2.05) is 0 Å². The summed E-state index contributed by atoms with van der Waals surface area (Å²) in [5.74, 6) is -3.10. The van der Waals surface area contributed by atoms with Crippen molar-refractivity contribution in [2.24, 2.45) is 0 Å². The van der Waals surface area contributed by atoms with Gasteiger partial charge in [0.1, 0.15) is 0 Å². The minimum Gasteiger partial charge on any atom is -0.329 e. The van der Waals surface area contributed by atoms with Crippen LogP contribution >= 0.6 is 0 Å². The lowest BCUT2D eigenvalue weighted by Crippen LogP contribution is -2.50. The van der Waals surface area contributed by atoms with Crippen LogP contribution in [0, 0.1) is 0 Å². The molecule has 1 rings (SSSR count). The van der Waals surface area contributed by atoms with Crippen LogP contribution in [0.25, 0.3) is 0 Å².